The van der Waals surface area contributed by atoms with E-state index >= 15 is 0 Å². The van der Waals surface area contributed by atoms with E-state index in [1.54, 1.807) is 19.4 Å². The molecule has 2 aliphatic heterocycles. The number of cyclic esters (lactones) is 1. The SMILES string of the molecule is COC1CC(OC2CC[C@]3(C=NCc4ccccn4)[C@H]4CC[C@]5(C)[C@H](C6=CC(=O)OC6)CCC5(O)C4CCC3(O)C2)OC(C)C1O. The summed E-state index contributed by atoms with van der Waals surface area (Å²) < 4.78 is 23.4. The highest BCUT2D eigenvalue weighted by atomic mass is 16.7. The molecule has 0 amide bonds. The van der Waals surface area contributed by atoms with E-state index < -0.39 is 35.1 Å². The van der Waals surface area contributed by atoms with Gasteiger partial charge in [-0.1, -0.05) is 13.0 Å². The Morgan fingerprint density at radius 2 is 1.93 bits per heavy atom. The number of ether oxygens (including phenoxy) is 4. The van der Waals surface area contributed by atoms with Crippen LogP contribution < -0.4 is 0 Å². The predicted octanol–water partition coefficient (Wildman–Crippen LogP) is 3.90. The Hall–Kier alpha value is -2.21. The number of carbonyl (C=O) groups excluding carboxylic acids is 1. The molecule has 5 fully saturated rings. The second-order valence-electron chi connectivity index (χ2n) is 15.2. The summed E-state index contributed by atoms with van der Waals surface area (Å²) in [4.78, 5) is 21.4. The number of aliphatic hydroxyl groups is 3. The van der Waals surface area contributed by atoms with E-state index in [4.69, 9.17) is 23.9 Å². The van der Waals surface area contributed by atoms with Crippen LogP contribution in [-0.4, -0.2) is 88.1 Å². The second-order valence-corrected chi connectivity index (χ2v) is 15.2. The van der Waals surface area contributed by atoms with Crippen molar-refractivity contribution in [2.75, 3.05) is 13.7 Å². The summed E-state index contributed by atoms with van der Waals surface area (Å²) in [6.45, 7) is 4.79. The molecule has 3 heterocycles. The molecule has 0 aromatic carbocycles. The topological polar surface area (TPSA) is 140 Å². The standard InChI is InChI=1S/C36H50N2O8/c1-22-32(40)29(43-3)17-31(45-22)46-25-7-12-34(21-37-19-24-6-4-5-15-38-24)27-8-11-33(2)26(23-16-30(39)44-20-23)10-14-36(33,42)28(27)9-13-35(34,41)18-25/h4-6,15-16,21-22,25-29,31-32,40-42H,7-14,17-20H2,1-3H3/t22?,25?,26-,27-,28?,29?,31?,32?,33+,34-,35?,36?/m0/s1. The largest absolute Gasteiger partial charge is 0.458 e. The minimum Gasteiger partial charge on any atom is -0.458 e. The van der Waals surface area contributed by atoms with Crippen molar-refractivity contribution in [3.05, 3.63) is 41.7 Å². The first kappa shape index (κ1) is 32.3. The average molecular weight is 639 g/mol. The fourth-order valence-corrected chi connectivity index (χ4v) is 10.8. The molecule has 1 aromatic rings. The summed E-state index contributed by atoms with van der Waals surface area (Å²) in [5.41, 5.74) is -1.09. The Balaban J connectivity index is 1.17. The molecule has 10 heteroatoms. The van der Waals surface area contributed by atoms with E-state index in [1.807, 2.05) is 31.3 Å². The normalized spacial score (nSPS) is 47.2. The molecule has 7 rings (SSSR count). The summed E-state index contributed by atoms with van der Waals surface area (Å²) in [5, 5.41) is 36.0. The van der Waals surface area contributed by atoms with E-state index in [0.717, 1.165) is 37.0 Å². The molecule has 1 saturated heterocycles. The zero-order valence-electron chi connectivity index (χ0n) is 27.3. The van der Waals surface area contributed by atoms with Crippen molar-refractivity contribution in [1.29, 1.82) is 0 Å². The molecule has 6 aliphatic rings. The Kier molecular flexibility index (Phi) is 8.46. The molecule has 4 aliphatic carbocycles. The molecule has 3 N–H and O–H groups in total. The maximum atomic E-state index is 12.8. The summed E-state index contributed by atoms with van der Waals surface area (Å²) in [5.74, 6) is -0.128. The number of esters is 1. The van der Waals surface area contributed by atoms with Gasteiger partial charge in [0.1, 0.15) is 12.7 Å². The third-order valence-corrected chi connectivity index (χ3v) is 13.2. The van der Waals surface area contributed by atoms with Crippen LogP contribution in [0.25, 0.3) is 0 Å². The quantitative estimate of drug-likeness (QED) is 0.231. The van der Waals surface area contributed by atoms with Gasteiger partial charge in [-0.15, -0.1) is 0 Å². The third kappa shape index (κ3) is 5.10. The highest BCUT2D eigenvalue weighted by Crippen LogP contribution is 2.70. The first-order chi connectivity index (χ1) is 22.0. The number of aliphatic imine (C=N–C) groups is 1. The Labute approximate surface area is 271 Å². The Morgan fingerprint density at radius 1 is 1.11 bits per heavy atom. The van der Waals surface area contributed by atoms with Crippen LogP contribution in [0.3, 0.4) is 0 Å². The van der Waals surface area contributed by atoms with E-state index in [0.29, 0.717) is 51.7 Å². The van der Waals surface area contributed by atoms with Crippen LogP contribution in [0.1, 0.15) is 83.7 Å². The fourth-order valence-electron chi connectivity index (χ4n) is 10.8. The molecule has 12 atom stereocenters. The van der Waals surface area contributed by atoms with Gasteiger partial charge in [0.05, 0.1) is 41.8 Å². The van der Waals surface area contributed by atoms with Gasteiger partial charge in [-0.05, 0) is 93.7 Å². The van der Waals surface area contributed by atoms with Gasteiger partial charge in [-0.3, -0.25) is 9.98 Å². The molecule has 0 radical (unpaired) electrons. The predicted molar refractivity (Wildman–Crippen MR) is 169 cm³/mol. The lowest BCUT2D eigenvalue weighted by molar-refractivity contribution is -0.284. The summed E-state index contributed by atoms with van der Waals surface area (Å²) in [6, 6.07) is 5.81. The molecule has 0 bridgehead atoms. The number of carbonyl (C=O) groups is 1. The number of methoxy groups -OCH3 is 1. The summed E-state index contributed by atoms with van der Waals surface area (Å²) >= 11 is 0. The lowest BCUT2D eigenvalue weighted by Crippen LogP contribution is -2.69. The number of nitrogens with zero attached hydrogens (tertiary/aromatic N) is 2. The first-order valence-electron chi connectivity index (χ1n) is 17.3. The van der Waals surface area contributed by atoms with Crippen LogP contribution in [0.15, 0.2) is 41.0 Å². The number of hydrogen-bond donors (Lipinski definition) is 3. The maximum absolute atomic E-state index is 12.8. The molecule has 8 unspecified atom stereocenters. The van der Waals surface area contributed by atoms with Crippen molar-refractivity contribution in [1.82, 2.24) is 4.98 Å². The van der Waals surface area contributed by atoms with Crippen LogP contribution in [-0.2, 0) is 30.3 Å². The van der Waals surface area contributed by atoms with Crippen molar-refractivity contribution in [3.63, 3.8) is 0 Å². The van der Waals surface area contributed by atoms with Crippen LogP contribution in [0.2, 0.25) is 0 Å². The number of rotatable bonds is 7. The van der Waals surface area contributed by atoms with E-state index in [9.17, 15) is 20.1 Å². The first-order valence-corrected chi connectivity index (χ1v) is 17.3. The van der Waals surface area contributed by atoms with Crippen LogP contribution >= 0.6 is 0 Å². The number of aliphatic hydroxyl groups excluding tert-OH is 1. The van der Waals surface area contributed by atoms with Gasteiger partial charge < -0.3 is 34.3 Å². The maximum Gasteiger partial charge on any atom is 0.331 e. The van der Waals surface area contributed by atoms with Gasteiger partial charge in [0.2, 0.25) is 0 Å². The highest BCUT2D eigenvalue weighted by Gasteiger charge is 2.71. The molecule has 10 nitrogen and oxygen atoms in total. The zero-order valence-corrected chi connectivity index (χ0v) is 27.3. The van der Waals surface area contributed by atoms with E-state index in [1.165, 1.54) is 0 Å². The molecule has 252 valence electrons. The minimum atomic E-state index is -1.07. The van der Waals surface area contributed by atoms with Crippen molar-refractivity contribution >= 4 is 12.2 Å². The van der Waals surface area contributed by atoms with Gasteiger partial charge in [0.15, 0.2) is 6.29 Å². The van der Waals surface area contributed by atoms with Crippen LogP contribution in [0.4, 0.5) is 0 Å². The van der Waals surface area contributed by atoms with Crippen molar-refractivity contribution in [3.8, 4) is 0 Å². The zero-order chi connectivity index (χ0) is 32.3. The minimum absolute atomic E-state index is 0.000364. The highest BCUT2D eigenvalue weighted by molar-refractivity contribution is 5.85. The third-order valence-electron chi connectivity index (χ3n) is 13.2. The average Bonchev–Trinajstić information content (AvgIpc) is 3.58. The molecule has 4 saturated carbocycles. The van der Waals surface area contributed by atoms with E-state index in [-0.39, 0.29) is 41.3 Å². The molecular formula is C36H50N2O8. The van der Waals surface area contributed by atoms with Gasteiger partial charge in [-0.2, -0.15) is 0 Å². The fraction of sp³-hybridized carbons (Fsp3) is 0.750. The van der Waals surface area contributed by atoms with Gasteiger partial charge >= 0.3 is 5.97 Å². The van der Waals surface area contributed by atoms with Crippen molar-refractivity contribution in [2.45, 2.75) is 127 Å². The Bertz CT molecular complexity index is 1360. The lowest BCUT2D eigenvalue weighted by Gasteiger charge is -2.66. The van der Waals surface area contributed by atoms with Gasteiger partial charge in [0.25, 0.3) is 0 Å². The van der Waals surface area contributed by atoms with Crippen LogP contribution in [0, 0.1) is 28.6 Å². The number of aromatic nitrogens is 1. The lowest BCUT2D eigenvalue weighted by atomic mass is 9.41. The van der Waals surface area contributed by atoms with Crippen LogP contribution in [0.5, 0.6) is 0 Å². The number of pyridine rings is 1. The molecule has 1 aromatic heterocycles. The molecular weight excluding hydrogens is 588 g/mol. The van der Waals surface area contributed by atoms with E-state index in [2.05, 4.69) is 11.9 Å². The second kappa shape index (κ2) is 12.0. The smallest absolute Gasteiger partial charge is 0.331 e. The summed E-state index contributed by atoms with van der Waals surface area (Å²) in [6.07, 6.45) is 9.93. The van der Waals surface area contributed by atoms with Gasteiger partial charge in [-0.25, -0.2) is 4.79 Å². The monoisotopic (exact) mass is 638 g/mol. The molecule has 0 spiro atoms. The number of fused-ring (bicyclic) bond motifs is 5. The molecule has 46 heavy (non-hydrogen) atoms. The van der Waals surface area contributed by atoms with Crippen molar-refractivity contribution in [2.24, 2.45) is 33.6 Å². The summed E-state index contributed by atoms with van der Waals surface area (Å²) in [7, 11) is 1.59. The number of hydrogen-bond acceptors (Lipinski definition) is 10. The Morgan fingerprint density at radius 3 is 2.67 bits per heavy atom. The van der Waals surface area contributed by atoms with Gasteiger partial charge in [0, 0.05) is 49.3 Å². The van der Waals surface area contributed by atoms with Crippen molar-refractivity contribution < 1.29 is 39.1 Å².